The number of para-hydroxylation sites is 2. The Balaban J connectivity index is 1.36. The zero-order valence-corrected chi connectivity index (χ0v) is 14.2. The van der Waals surface area contributed by atoms with Crippen molar-refractivity contribution in [2.45, 2.75) is 12.5 Å². The highest BCUT2D eigenvalue weighted by molar-refractivity contribution is 5.75. The molecule has 130 valence electrons. The second-order valence-electron chi connectivity index (χ2n) is 6.49. The normalized spacial score (nSPS) is 19.8. The van der Waals surface area contributed by atoms with Gasteiger partial charge >= 0.3 is 6.03 Å². The van der Waals surface area contributed by atoms with Crippen molar-refractivity contribution >= 4 is 11.7 Å². The summed E-state index contributed by atoms with van der Waals surface area (Å²) in [6, 6.07) is 18.4. The van der Waals surface area contributed by atoms with Crippen molar-refractivity contribution in [2.24, 2.45) is 0 Å². The number of carbonyl (C=O) groups excluding carboxylic acids is 1. The molecule has 5 nitrogen and oxygen atoms in total. The summed E-state index contributed by atoms with van der Waals surface area (Å²) >= 11 is 0. The van der Waals surface area contributed by atoms with Crippen LogP contribution in [0.5, 0.6) is 5.75 Å². The SMILES string of the molecule is O=C(NC1CCOc2ccccc21)N1CCN(c2ccccc2)CC1. The molecule has 0 saturated carbocycles. The van der Waals surface area contributed by atoms with Gasteiger partial charge in [-0.3, -0.25) is 0 Å². The van der Waals surface area contributed by atoms with Crippen LogP contribution in [0.25, 0.3) is 0 Å². The largest absolute Gasteiger partial charge is 0.493 e. The molecule has 1 fully saturated rings. The Hall–Kier alpha value is -2.69. The highest BCUT2D eigenvalue weighted by Gasteiger charge is 2.26. The third-order valence-corrected chi connectivity index (χ3v) is 4.94. The van der Waals surface area contributed by atoms with Crippen molar-refractivity contribution in [3.63, 3.8) is 0 Å². The van der Waals surface area contributed by atoms with E-state index in [4.69, 9.17) is 4.74 Å². The Bertz CT molecular complexity index is 727. The quantitative estimate of drug-likeness (QED) is 0.916. The summed E-state index contributed by atoms with van der Waals surface area (Å²) in [5.41, 5.74) is 2.30. The van der Waals surface area contributed by atoms with Crippen molar-refractivity contribution in [3.8, 4) is 5.75 Å². The fourth-order valence-corrected chi connectivity index (χ4v) is 3.54. The highest BCUT2D eigenvalue weighted by Crippen LogP contribution is 2.31. The molecule has 0 spiro atoms. The number of benzene rings is 2. The number of hydrogen-bond acceptors (Lipinski definition) is 3. The van der Waals surface area contributed by atoms with Crippen LogP contribution >= 0.6 is 0 Å². The highest BCUT2D eigenvalue weighted by atomic mass is 16.5. The van der Waals surface area contributed by atoms with Gasteiger partial charge in [0.2, 0.25) is 0 Å². The molecule has 0 aliphatic carbocycles. The number of nitrogens with zero attached hydrogens (tertiary/aromatic N) is 2. The molecule has 2 amide bonds. The summed E-state index contributed by atoms with van der Waals surface area (Å²) < 4.78 is 5.67. The molecule has 0 aromatic heterocycles. The number of urea groups is 1. The van der Waals surface area contributed by atoms with E-state index >= 15 is 0 Å². The Labute approximate surface area is 148 Å². The van der Waals surface area contributed by atoms with E-state index in [1.807, 2.05) is 35.2 Å². The van der Waals surface area contributed by atoms with Crippen LogP contribution in [0.4, 0.5) is 10.5 Å². The van der Waals surface area contributed by atoms with Gasteiger partial charge in [-0.05, 0) is 18.2 Å². The van der Waals surface area contributed by atoms with Crippen molar-refractivity contribution in [2.75, 3.05) is 37.7 Å². The molecule has 2 aliphatic heterocycles. The van der Waals surface area contributed by atoms with Crippen LogP contribution in [0.1, 0.15) is 18.0 Å². The number of ether oxygens (including phenoxy) is 1. The lowest BCUT2D eigenvalue weighted by atomic mass is 10.0. The van der Waals surface area contributed by atoms with Crippen molar-refractivity contribution in [1.82, 2.24) is 10.2 Å². The maximum absolute atomic E-state index is 12.7. The van der Waals surface area contributed by atoms with Gasteiger partial charge in [-0.25, -0.2) is 4.79 Å². The molecule has 5 heteroatoms. The average Bonchev–Trinajstić information content (AvgIpc) is 2.69. The fourth-order valence-electron chi connectivity index (χ4n) is 3.54. The lowest BCUT2D eigenvalue weighted by Gasteiger charge is -2.37. The predicted molar refractivity (Wildman–Crippen MR) is 98.1 cm³/mol. The van der Waals surface area contributed by atoms with Crippen molar-refractivity contribution < 1.29 is 9.53 Å². The van der Waals surface area contributed by atoms with Gasteiger partial charge in [0.1, 0.15) is 5.75 Å². The summed E-state index contributed by atoms with van der Waals surface area (Å²) in [6.45, 7) is 3.85. The minimum atomic E-state index is 0.0226. The Morgan fingerprint density at radius 2 is 1.68 bits per heavy atom. The molecule has 25 heavy (non-hydrogen) atoms. The number of hydrogen-bond donors (Lipinski definition) is 1. The molecule has 1 saturated heterocycles. The molecule has 1 atom stereocenters. The van der Waals surface area contributed by atoms with Gasteiger partial charge in [0, 0.05) is 43.9 Å². The molecule has 2 aromatic carbocycles. The molecule has 1 unspecified atom stereocenters. The topological polar surface area (TPSA) is 44.8 Å². The minimum absolute atomic E-state index is 0.0226. The first-order valence-corrected chi connectivity index (χ1v) is 8.88. The minimum Gasteiger partial charge on any atom is -0.493 e. The van der Waals surface area contributed by atoms with Crippen LogP contribution in [0.15, 0.2) is 54.6 Å². The van der Waals surface area contributed by atoms with Gasteiger partial charge in [0.15, 0.2) is 0 Å². The molecule has 0 bridgehead atoms. The number of rotatable bonds is 2. The Morgan fingerprint density at radius 1 is 0.960 bits per heavy atom. The van der Waals surface area contributed by atoms with E-state index in [0.29, 0.717) is 6.61 Å². The van der Waals surface area contributed by atoms with Gasteiger partial charge in [-0.2, -0.15) is 0 Å². The van der Waals surface area contributed by atoms with Gasteiger partial charge in [-0.1, -0.05) is 36.4 Å². The van der Waals surface area contributed by atoms with E-state index < -0.39 is 0 Å². The first-order valence-electron chi connectivity index (χ1n) is 8.88. The summed E-state index contributed by atoms with van der Waals surface area (Å²) in [5, 5.41) is 3.19. The number of amides is 2. The number of anilines is 1. The smallest absolute Gasteiger partial charge is 0.318 e. The number of piperazine rings is 1. The lowest BCUT2D eigenvalue weighted by Crippen LogP contribution is -2.52. The van der Waals surface area contributed by atoms with E-state index in [9.17, 15) is 4.79 Å². The number of carbonyl (C=O) groups is 1. The first-order chi connectivity index (χ1) is 12.3. The van der Waals surface area contributed by atoms with Crippen LogP contribution in [0.2, 0.25) is 0 Å². The second kappa shape index (κ2) is 7.05. The van der Waals surface area contributed by atoms with Gasteiger partial charge in [0.25, 0.3) is 0 Å². The molecule has 0 radical (unpaired) electrons. The lowest BCUT2D eigenvalue weighted by molar-refractivity contribution is 0.183. The average molecular weight is 337 g/mol. The summed E-state index contributed by atoms with van der Waals surface area (Å²) in [6.07, 6.45) is 0.812. The van der Waals surface area contributed by atoms with Gasteiger partial charge in [-0.15, -0.1) is 0 Å². The van der Waals surface area contributed by atoms with E-state index in [2.05, 4.69) is 34.5 Å². The summed E-state index contributed by atoms with van der Waals surface area (Å²) in [7, 11) is 0. The van der Waals surface area contributed by atoms with Gasteiger partial charge < -0.3 is 19.9 Å². The summed E-state index contributed by atoms with van der Waals surface area (Å²) in [4.78, 5) is 16.9. The van der Waals surface area contributed by atoms with Crippen LogP contribution in [-0.4, -0.2) is 43.7 Å². The Morgan fingerprint density at radius 3 is 2.48 bits per heavy atom. The maximum Gasteiger partial charge on any atom is 0.318 e. The third kappa shape index (κ3) is 3.40. The molecule has 2 aromatic rings. The molecular formula is C20H23N3O2. The zero-order valence-electron chi connectivity index (χ0n) is 14.2. The molecule has 2 heterocycles. The molecule has 2 aliphatic rings. The second-order valence-corrected chi connectivity index (χ2v) is 6.49. The monoisotopic (exact) mass is 337 g/mol. The van der Waals surface area contributed by atoms with E-state index in [-0.39, 0.29) is 12.1 Å². The fraction of sp³-hybridized carbons (Fsp3) is 0.350. The summed E-state index contributed by atoms with van der Waals surface area (Å²) in [5.74, 6) is 0.882. The predicted octanol–water partition coefficient (Wildman–Crippen LogP) is 3.04. The third-order valence-electron chi connectivity index (χ3n) is 4.94. The van der Waals surface area contributed by atoms with E-state index in [1.165, 1.54) is 5.69 Å². The van der Waals surface area contributed by atoms with Crippen LogP contribution in [0, 0.1) is 0 Å². The molecular weight excluding hydrogens is 314 g/mol. The van der Waals surface area contributed by atoms with E-state index in [0.717, 1.165) is 43.9 Å². The van der Waals surface area contributed by atoms with Crippen molar-refractivity contribution in [3.05, 3.63) is 60.2 Å². The zero-order chi connectivity index (χ0) is 17.1. The van der Waals surface area contributed by atoms with Gasteiger partial charge in [0.05, 0.1) is 12.6 Å². The standard InChI is InChI=1S/C20H23N3O2/c24-20(21-18-10-15-25-19-9-5-4-8-17(18)19)23-13-11-22(12-14-23)16-6-2-1-3-7-16/h1-9,18H,10-15H2,(H,21,24). The molecule has 4 rings (SSSR count). The molecule has 1 N–H and O–H groups in total. The number of fused-ring (bicyclic) bond motifs is 1. The first kappa shape index (κ1) is 15.8. The van der Waals surface area contributed by atoms with Crippen LogP contribution in [-0.2, 0) is 0 Å². The number of nitrogens with one attached hydrogen (secondary N) is 1. The van der Waals surface area contributed by atoms with Crippen molar-refractivity contribution in [1.29, 1.82) is 0 Å². The van der Waals surface area contributed by atoms with Crippen LogP contribution in [0.3, 0.4) is 0 Å². The van der Waals surface area contributed by atoms with Crippen LogP contribution < -0.4 is 15.0 Å². The van der Waals surface area contributed by atoms with E-state index in [1.54, 1.807) is 0 Å². The Kier molecular flexibility index (Phi) is 4.46. The maximum atomic E-state index is 12.7.